The number of piperazine rings is 1. The van der Waals surface area contributed by atoms with Crippen molar-refractivity contribution in [1.29, 1.82) is 0 Å². The molecule has 1 heterocycles. The van der Waals surface area contributed by atoms with Crippen LogP contribution in [0.5, 0.6) is 5.75 Å². The van der Waals surface area contributed by atoms with Crippen molar-refractivity contribution in [2.75, 3.05) is 39.3 Å². The fourth-order valence-corrected chi connectivity index (χ4v) is 3.63. The van der Waals surface area contributed by atoms with Crippen LogP contribution in [0.2, 0.25) is 5.02 Å². The molecule has 3 rings (SSSR count). The number of aliphatic hydroxyl groups is 1. The maximum absolute atomic E-state index is 13.9. The van der Waals surface area contributed by atoms with Gasteiger partial charge in [0.1, 0.15) is 69.4 Å². The van der Waals surface area contributed by atoms with E-state index in [1.165, 1.54) is 28.0 Å². The average Bonchev–Trinajstić information content (AvgIpc) is 2.66. The minimum Gasteiger partial charge on any atom is -0.491 e. The molecule has 0 saturated carbocycles. The number of ether oxygens (including phenoxy) is 1. The molecule has 2 aromatic carbocycles. The molecule has 0 unspecified atom stereocenters. The highest BCUT2D eigenvalue weighted by Gasteiger charge is 2.26. The van der Waals surface area contributed by atoms with Crippen molar-refractivity contribution >= 4 is 11.6 Å². The van der Waals surface area contributed by atoms with Gasteiger partial charge < -0.3 is 19.6 Å². The van der Waals surface area contributed by atoms with Crippen molar-refractivity contribution in [2.45, 2.75) is 12.6 Å². The Hall–Kier alpha value is -1.73. The van der Waals surface area contributed by atoms with Crippen molar-refractivity contribution < 1.29 is 28.4 Å². The molecule has 0 aromatic heterocycles. The van der Waals surface area contributed by atoms with Gasteiger partial charge in [-0.3, -0.25) is 0 Å². The minimum atomic E-state index is -0.590. The molecule has 3 N–H and O–H groups in total. The van der Waals surface area contributed by atoms with Crippen LogP contribution in [0.1, 0.15) is 5.56 Å². The van der Waals surface area contributed by atoms with Crippen LogP contribution in [0, 0.1) is 11.6 Å². The fraction of sp³-hybridized carbons (Fsp3) is 0.400. The summed E-state index contributed by atoms with van der Waals surface area (Å²) in [5.41, 5.74) is 0.574. The van der Waals surface area contributed by atoms with E-state index in [-0.39, 0.29) is 18.2 Å². The van der Waals surface area contributed by atoms with Crippen LogP contribution in [0.15, 0.2) is 42.5 Å². The predicted octanol–water partition coefficient (Wildman–Crippen LogP) is 0.342. The summed E-state index contributed by atoms with van der Waals surface area (Å²) in [6.07, 6.45) is -0.590. The molecule has 2 aromatic rings. The lowest BCUT2D eigenvalue weighted by Crippen LogP contribution is -3.28. The Morgan fingerprint density at radius 3 is 2.33 bits per heavy atom. The summed E-state index contributed by atoms with van der Waals surface area (Å²) in [4.78, 5) is 2.59. The first-order chi connectivity index (χ1) is 13.0. The molecule has 0 bridgehead atoms. The van der Waals surface area contributed by atoms with E-state index in [2.05, 4.69) is 0 Å². The highest BCUT2D eigenvalue weighted by Crippen LogP contribution is 2.17. The summed E-state index contributed by atoms with van der Waals surface area (Å²) >= 11 is 6.11. The van der Waals surface area contributed by atoms with E-state index in [1.807, 2.05) is 0 Å². The van der Waals surface area contributed by atoms with Gasteiger partial charge in [0.15, 0.2) is 0 Å². The van der Waals surface area contributed by atoms with E-state index in [4.69, 9.17) is 16.3 Å². The molecule has 0 amide bonds. The quantitative estimate of drug-likeness (QED) is 0.629. The molecule has 146 valence electrons. The molecule has 0 aliphatic carbocycles. The molecule has 0 spiro atoms. The number of benzene rings is 2. The van der Waals surface area contributed by atoms with E-state index in [9.17, 15) is 13.9 Å². The molecule has 4 nitrogen and oxygen atoms in total. The lowest BCUT2D eigenvalue weighted by Gasteiger charge is -2.31. The van der Waals surface area contributed by atoms with Gasteiger partial charge in [0, 0.05) is 0 Å². The average molecular weight is 399 g/mol. The second-order valence-corrected chi connectivity index (χ2v) is 7.41. The molecule has 27 heavy (non-hydrogen) atoms. The van der Waals surface area contributed by atoms with Gasteiger partial charge in [-0.15, -0.1) is 0 Å². The van der Waals surface area contributed by atoms with Crippen LogP contribution in [0.3, 0.4) is 0 Å². The maximum Gasteiger partial charge on any atom is 0.137 e. The number of hydrogen-bond donors (Lipinski definition) is 3. The topological polar surface area (TPSA) is 38.3 Å². The highest BCUT2D eigenvalue weighted by molar-refractivity contribution is 6.31. The third-order valence-corrected chi connectivity index (χ3v) is 5.29. The zero-order valence-corrected chi connectivity index (χ0v) is 15.8. The van der Waals surface area contributed by atoms with Gasteiger partial charge in [-0.25, -0.2) is 8.78 Å². The molecule has 1 atom stereocenters. The number of aliphatic hydroxyl groups excluding tert-OH is 1. The number of quaternary nitrogens is 2. The van der Waals surface area contributed by atoms with Crippen LogP contribution < -0.4 is 14.5 Å². The van der Waals surface area contributed by atoms with Crippen LogP contribution in [0.25, 0.3) is 0 Å². The molecule has 1 aliphatic rings. The van der Waals surface area contributed by atoms with E-state index >= 15 is 0 Å². The number of hydrogen-bond acceptors (Lipinski definition) is 2. The summed E-state index contributed by atoms with van der Waals surface area (Å²) < 4.78 is 32.3. The Kier molecular flexibility index (Phi) is 7.01. The van der Waals surface area contributed by atoms with E-state index in [1.54, 1.807) is 24.3 Å². The second kappa shape index (κ2) is 9.46. The van der Waals surface area contributed by atoms with Crippen LogP contribution in [0.4, 0.5) is 8.78 Å². The van der Waals surface area contributed by atoms with Gasteiger partial charge in [-0.2, -0.15) is 0 Å². The Bertz CT molecular complexity index is 717. The fourth-order valence-electron chi connectivity index (χ4n) is 3.40. The largest absolute Gasteiger partial charge is 0.491 e. The smallest absolute Gasteiger partial charge is 0.137 e. The van der Waals surface area contributed by atoms with Crippen molar-refractivity contribution in [2.24, 2.45) is 0 Å². The van der Waals surface area contributed by atoms with Crippen LogP contribution in [-0.2, 0) is 6.54 Å². The normalized spacial score (nSPS) is 21.0. The number of nitrogens with one attached hydrogen (secondary N) is 2. The lowest BCUT2D eigenvalue weighted by molar-refractivity contribution is -1.02. The molecule has 1 saturated heterocycles. The molecular formula is C20H25ClF2N2O2+2. The highest BCUT2D eigenvalue weighted by atomic mass is 35.5. The second-order valence-electron chi connectivity index (χ2n) is 7.00. The summed E-state index contributed by atoms with van der Waals surface area (Å²) in [6, 6.07) is 10.5. The summed E-state index contributed by atoms with van der Waals surface area (Å²) in [5, 5.41) is 10.7. The van der Waals surface area contributed by atoms with E-state index in [0.717, 1.165) is 26.2 Å². The first-order valence-corrected chi connectivity index (χ1v) is 9.55. The van der Waals surface area contributed by atoms with Gasteiger partial charge >= 0.3 is 0 Å². The molecule has 1 fully saturated rings. The van der Waals surface area contributed by atoms with Crippen LogP contribution >= 0.6 is 11.6 Å². The number of halogens is 3. The third-order valence-electron chi connectivity index (χ3n) is 4.93. The molecular weight excluding hydrogens is 374 g/mol. The molecule has 0 radical (unpaired) electrons. The SMILES string of the molecule is O[C@@H](COc1ccc(F)cc1)C[NH+]1CC[NH+](Cc2c(F)cccc2Cl)CC1. The standard InChI is InChI=1S/C20H23ClF2N2O2/c21-19-2-1-3-20(23)18(19)13-25-10-8-24(9-11-25)12-16(26)14-27-17-6-4-15(22)5-7-17/h1-7,16,26H,8-14H2/p+2/t16-/m1/s1. The monoisotopic (exact) mass is 398 g/mol. The van der Waals surface area contributed by atoms with Gasteiger partial charge in [-0.1, -0.05) is 17.7 Å². The summed E-state index contributed by atoms with van der Waals surface area (Å²) in [6.45, 7) is 4.93. The van der Waals surface area contributed by atoms with Crippen LogP contribution in [-0.4, -0.2) is 50.5 Å². The Balaban J connectivity index is 1.40. The van der Waals surface area contributed by atoms with Gasteiger partial charge in [-0.05, 0) is 36.4 Å². The van der Waals surface area contributed by atoms with Crippen molar-refractivity contribution in [3.63, 3.8) is 0 Å². The predicted molar refractivity (Wildman–Crippen MR) is 99.3 cm³/mol. The van der Waals surface area contributed by atoms with E-state index in [0.29, 0.717) is 29.4 Å². The van der Waals surface area contributed by atoms with Crippen molar-refractivity contribution in [3.8, 4) is 5.75 Å². The summed E-state index contributed by atoms with van der Waals surface area (Å²) in [5.74, 6) is -0.0241. The first-order valence-electron chi connectivity index (χ1n) is 9.17. The van der Waals surface area contributed by atoms with Gasteiger partial charge in [0.2, 0.25) is 0 Å². The van der Waals surface area contributed by atoms with Crippen molar-refractivity contribution in [1.82, 2.24) is 0 Å². The third kappa shape index (κ3) is 5.87. The Labute approximate surface area is 162 Å². The van der Waals surface area contributed by atoms with Gasteiger partial charge in [0.05, 0.1) is 10.6 Å². The maximum atomic E-state index is 13.9. The minimum absolute atomic E-state index is 0.177. The van der Waals surface area contributed by atoms with E-state index < -0.39 is 6.10 Å². The summed E-state index contributed by atoms with van der Waals surface area (Å²) in [7, 11) is 0. The zero-order valence-electron chi connectivity index (χ0n) is 15.1. The Morgan fingerprint density at radius 1 is 1.00 bits per heavy atom. The number of rotatable bonds is 7. The lowest BCUT2D eigenvalue weighted by atomic mass is 10.1. The first kappa shape index (κ1) is 20.0. The van der Waals surface area contributed by atoms with Gasteiger partial charge in [0.25, 0.3) is 0 Å². The molecule has 7 heteroatoms. The zero-order chi connectivity index (χ0) is 19.2. The van der Waals surface area contributed by atoms with Crippen molar-refractivity contribution in [3.05, 3.63) is 64.7 Å². The molecule has 1 aliphatic heterocycles. The Morgan fingerprint density at radius 2 is 1.67 bits per heavy atom.